The summed E-state index contributed by atoms with van der Waals surface area (Å²) < 4.78 is 32.3. The molecule has 0 aliphatic heterocycles. The predicted molar refractivity (Wildman–Crippen MR) is 89.2 cm³/mol. The molecule has 0 atom stereocenters. The molecule has 24 heavy (non-hydrogen) atoms. The first-order valence-corrected chi connectivity index (χ1v) is 7.72. The van der Waals surface area contributed by atoms with Crippen molar-refractivity contribution < 1.29 is 13.5 Å². The third kappa shape index (κ3) is 4.38. The number of hydrogen-bond donors (Lipinski definition) is 2. The van der Waals surface area contributed by atoms with E-state index in [1.54, 1.807) is 12.3 Å². The molecule has 3 N–H and O–H groups in total. The minimum Gasteiger partial charge on any atom is -0.497 e. The van der Waals surface area contributed by atoms with Gasteiger partial charge in [-0.25, -0.2) is 18.7 Å². The van der Waals surface area contributed by atoms with Gasteiger partial charge in [-0.2, -0.15) is 0 Å². The van der Waals surface area contributed by atoms with E-state index in [0.717, 1.165) is 24.6 Å². The molecule has 0 aliphatic carbocycles. The quantitative estimate of drug-likeness (QED) is 0.812. The number of rotatable bonds is 7. The van der Waals surface area contributed by atoms with Crippen LogP contribution in [0.5, 0.6) is 5.75 Å². The van der Waals surface area contributed by atoms with Crippen molar-refractivity contribution in [1.29, 1.82) is 0 Å². The van der Waals surface area contributed by atoms with Gasteiger partial charge in [-0.15, -0.1) is 0 Å². The largest absolute Gasteiger partial charge is 0.497 e. The van der Waals surface area contributed by atoms with E-state index in [9.17, 15) is 8.78 Å². The lowest BCUT2D eigenvalue weighted by Gasteiger charge is -2.15. The van der Waals surface area contributed by atoms with Crippen molar-refractivity contribution in [3.05, 3.63) is 46.8 Å². The molecule has 0 unspecified atom stereocenters. The number of halogens is 2. The van der Waals surface area contributed by atoms with E-state index < -0.39 is 5.92 Å². The van der Waals surface area contributed by atoms with Crippen molar-refractivity contribution in [2.75, 3.05) is 12.4 Å². The molecular weight excluding hydrogens is 314 g/mol. The Kier molecular flexibility index (Phi) is 5.66. The standard InChI is InChI=1S/C17H22F2N4O/c1-4-12-10-22-16(23-15(12)8-20)21-9-11-5-13(17(2,18)19)7-14(6-11)24-3/h5-7,10H,4,8-9,20H2,1-3H3,(H,21,22,23). The summed E-state index contributed by atoms with van der Waals surface area (Å²) in [7, 11) is 1.45. The topological polar surface area (TPSA) is 73.1 Å². The molecule has 130 valence electrons. The molecule has 0 fully saturated rings. The van der Waals surface area contributed by atoms with E-state index in [1.165, 1.54) is 19.2 Å². The molecular formula is C17H22F2N4O. The van der Waals surface area contributed by atoms with Gasteiger partial charge < -0.3 is 15.8 Å². The van der Waals surface area contributed by atoms with Gasteiger partial charge in [0.05, 0.1) is 12.8 Å². The molecule has 0 saturated heterocycles. The average Bonchev–Trinajstić information content (AvgIpc) is 2.58. The van der Waals surface area contributed by atoms with Crippen LogP contribution in [0, 0.1) is 0 Å². The molecule has 2 rings (SSSR count). The minimum atomic E-state index is -2.94. The number of alkyl halides is 2. The van der Waals surface area contributed by atoms with Crippen molar-refractivity contribution in [1.82, 2.24) is 9.97 Å². The van der Waals surface area contributed by atoms with Crippen molar-refractivity contribution in [3.8, 4) is 5.75 Å². The second kappa shape index (κ2) is 7.53. The van der Waals surface area contributed by atoms with Crippen LogP contribution < -0.4 is 15.8 Å². The first-order chi connectivity index (χ1) is 11.4. The molecule has 0 aliphatic rings. The van der Waals surface area contributed by atoms with Crippen LogP contribution in [0.4, 0.5) is 14.7 Å². The molecule has 7 heteroatoms. The molecule has 1 aromatic carbocycles. The van der Waals surface area contributed by atoms with Crippen molar-refractivity contribution in [2.45, 2.75) is 39.3 Å². The summed E-state index contributed by atoms with van der Waals surface area (Å²) in [5.41, 5.74) is 8.03. The summed E-state index contributed by atoms with van der Waals surface area (Å²) >= 11 is 0. The summed E-state index contributed by atoms with van der Waals surface area (Å²) in [5, 5.41) is 3.04. The predicted octanol–water partition coefficient (Wildman–Crippen LogP) is 3.23. The second-order valence-corrected chi connectivity index (χ2v) is 5.53. The van der Waals surface area contributed by atoms with Gasteiger partial charge in [-0.3, -0.25) is 0 Å². The van der Waals surface area contributed by atoms with Gasteiger partial charge in [0.15, 0.2) is 0 Å². The zero-order chi connectivity index (χ0) is 17.7. The summed E-state index contributed by atoms with van der Waals surface area (Å²) in [6, 6.07) is 4.48. The van der Waals surface area contributed by atoms with Crippen LogP contribution in [0.15, 0.2) is 24.4 Å². The van der Waals surface area contributed by atoms with Crippen LogP contribution in [0.1, 0.15) is 36.2 Å². The molecule has 1 heterocycles. The summed E-state index contributed by atoms with van der Waals surface area (Å²) in [6.07, 6.45) is 2.53. The highest BCUT2D eigenvalue weighted by Crippen LogP contribution is 2.31. The average molecular weight is 336 g/mol. The third-order valence-electron chi connectivity index (χ3n) is 3.69. The maximum Gasteiger partial charge on any atom is 0.270 e. The first-order valence-electron chi connectivity index (χ1n) is 7.72. The van der Waals surface area contributed by atoms with Crippen molar-refractivity contribution >= 4 is 5.95 Å². The number of anilines is 1. The van der Waals surface area contributed by atoms with E-state index >= 15 is 0 Å². The fourth-order valence-corrected chi connectivity index (χ4v) is 2.31. The number of methoxy groups -OCH3 is 1. The Balaban J connectivity index is 2.20. The molecule has 5 nitrogen and oxygen atoms in total. The normalized spacial score (nSPS) is 11.4. The van der Waals surface area contributed by atoms with Gasteiger partial charge >= 0.3 is 0 Å². The van der Waals surface area contributed by atoms with Gasteiger partial charge in [0.1, 0.15) is 5.75 Å². The fourth-order valence-electron chi connectivity index (χ4n) is 2.31. The molecule has 0 amide bonds. The van der Waals surface area contributed by atoms with E-state index in [4.69, 9.17) is 10.5 Å². The summed E-state index contributed by atoms with van der Waals surface area (Å²) in [6.45, 7) is 3.49. The maximum absolute atomic E-state index is 13.6. The number of nitrogens with zero attached hydrogens (tertiary/aromatic N) is 2. The number of benzene rings is 1. The van der Waals surface area contributed by atoms with Crippen LogP contribution in [0.3, 0.4) is 0 Å². The number of aryl methyl sites for hydroxylation is 1. The highest BCUT2D eigenvalue weighted by atomic mass is 19.3. The number of aromatic nitrogens is 2. The van der Waals surface area contributed by atoms with Gasteiger partial charge in [0.2, 0.25) is 5.95 Å². The van der Waals surface area contributed by atoms with Crippen LogP contribution >= 0.6 is 0 Å². The molecule has 0 saturated carbocycles. The molecule has 0 spiro atoms. The first kappa shape index (κ1) is 18.1. The number of nitrogens with one attached hydrogen (secondary N) is 1. The molecule has 0 bridgehead atoms. The van der Waals surface area contributed by atoms with Crippen LogP contribution in [-0.4, -0.2) is 17.1 Å². The highest BCUT2D eigenvalue weighted by molar-refractivity contribution is 5.39. The second-order valence-electron chi connectivity index (χ2n) is 5.53. The van der Waals surface area contributed by atoms with Gasteiger partial charge in [0, 0.05) is 31.8 Å². The monoisotopic (exact) mass is 336 g/mol. The lowest BCUT2D eigenvalue weighted by molar-refractivity contribution is 0.0172. The smallest absolute Gasteiger partial charge is 0.270 e. The minimum absolute atomic E-state index is 0.0939. The van der Waals surface area contributed by atoms with E-state index in [-0.39, 0.29) is 5.56 Å². The third-order valence-corrected chi connectivity index (χ3v) is 3.69. The zero-order valence-corrected chi connectivity index (χ0v) is 14.1. The van der Waals surface area contributed by atoms with Crippen LogP contribution in [0.2, 0.25) is 0 Å². The van der Waals surface area contributed by atoms with Crippen LogP contribution in [0.25, 0.3) is 0 Å². The zero-order valence-electron chi connectivity index (χ0n) is 14.1. The van der Waals surface area contributed by atoms with E-state index in [0.29, 0.717) is 30.4 Å². The lowest BCUT2D eigenvalue weighted by Crippen LogP contribution is -2.11. The highest BCUT2D eigenvalue weighted by Gasteiger charge is 2.25. The number of hydrogen-bond acceptors (Lipinski definition) is 5. The Morgan fingerprint density at radius 3 is 2.62 bits per heavy atom. The van der Waals surface area contributed by atoms with E-state index in [2.05, 4.69) is 15.3 Å². The van der Waals surface area contributed by atoms with Gasteiger partial charge in [-0.1, -0.05) is 6.92 Å². The van der Waals surface area contributed by atoms with Crippen molar-refractivity contribution in [2.24, 2.45) is 5.73 Å². The number of ether oxygens (including phenoxy) is 1. The molecule has 0 radical (unpaired) electrons. The Bertz CT molecular complexity index is 701. The van der Waals surface area contributed by atoms with Gasteiger partial charge in [0.25, 0.3) is 5.92 Å². The Morgan fingerprint density at radius 1 is 1.29 bits per heavy atom. The van der Waals surface area contributed by atoms with Gasteiger partial charge in [-0.05, 0) is 35.7 Å². The summed E-state index contributed by atoms with van der Waals surface area (Å²) in [5.74, 6) is -2.13. The Labute approximate surface area is 140 Å². The maximum atomic E-state index is 13.6. The summed E-state index contributed by atoms with van der Waals surface area (Å²) in [4.78, 5) is 8.59. The van der Waals surface area contributed by atoms with Crippen molar-refractivity contribution in [3.63, 3.8) is 0 Å². The number of nitrogens with two attached hydrogens (primary N) is 1. The Hall–Kier alpha value is -2.28. The Morgan fingerprint density at radius 2 is 2.04 bits per heavy atom. The lowest BCUT2D eigenvalue weighted by atomic mass is 10.1. The van der Waals surface area contributed by atoms with E-state index in [1.807, 2.05) is 6.92 Å². The molecule has 1 aromatic heterocycles. The molecule has 2 aromatic rings. The SMILES string of the molecule is CCc1cnc(NCc2cc(OC)cc(C(C)(F)F)c2)nc1CN. The van der Waals surface area contributed by atoms with Crippen LogP contribution in [-0.2, 0) is 25.4 Å². The fraction of sp³-hybridized carbons (Fsp3) is 0.412.